The number of carbonyl (C=O) groups excluding carboxylic acids is 3. The molecule has 1 aliphatic rings. The minimum atomic E-state index is -4.49. The first kappa shape index (κ1) is 32.0. The van der Waals surface area contributed by atoms with E-state index in [1.165, 1.54) is 60.3 Å². The Morgan fingerprint density at radius 1 is 0.909 bits per heavy atom. The van der Waals surface area contributed by atoms with Crippen LogP contribution in [0.25, 0.3) is 11.8 Å². The van der Waals surface area contributed by atoms with Gasteiger partial charge >= 0.3 is 11.9 Å². The Morgan fingerprint density at radius 3 is 2.00 bits per heavy atom. The topological polar surface area (TPSA) is 212 Å². The van der Waals surface area contributed by atoms with Crippen LogP contribution in [0.1, 0.15) is 29.9 Å². The van der Waals surface area contributed by atoms with Crippen molar-refractivity contribution in [3.63, 3.8) is 0 Å². The number of anilines is 1. The standard InChI is InChI=1S/C27H23N4O11S2/c1-3-41-26(33)23-17(16-30(28-23)18-8-12-20(13-9-18)43(35,36)37)6-5-7-22-24(27(34)42-4-2)29-31(25(22)32)19-10-14-21(15-11-19)44(38,39)40/h4-16H,3H2,1-2H3,(H,35,36,37)(H,38,39,40)/b6-5?,22-7-. The molecule has 2 aromatic carbocycles. The molecule has 3 aromatic rings. The number of carbonyl (C=O) groups is 3. The molecular formula is C27H23N4O11S2. The van der Waals surface area contributed by atoms with Gasteiger partial charge in [0, 0.05) is 11.8 Å². The predicted molar refractivity (Wildman–Crippen MR) is 154 cm³/mol. The van der Waals surface area contributed by atoms with Crippen molar-refractivity contribution in [2.75, 3.05) is 11.6 Å². The van der Waals surface area contributed by atoms with Gasteiger partial charge in [0.15, 0.2) is 11.4 Å². The van der Waals surface area contributed by atoms with Crippen LogP contribution in [0.2, 0.25) is 0 Å². The number of nitrogens with zero attached hydrogens (tertiary/aromatic N) is 4. The van der Waals surface area contributed by atoms with E-state index in [1.54, 1.807) is 6.92 Å². The van der Waals surface area contributed by atoms with Crippen LogP contribution in [-0.4, -0.2) is 65.9 Å². The Bertz CT molecular complexity index is 1930. The van der Waals surface area contributed by atoms with Gasteiger partial charge in [-0.15, -0.1) is 0 Å². The molecule has 4 rings (SSSR count). The number of ether oxygens (including phenoxy) is 2. The monoisotopic (exact) mass is 643 g/mol. The summed E-state index contributed by atoms with van der Waals surface area (Å²) in [6.45, 7) is 4.18. The third kappa shape index (κ3) is 6.97. The molecule has 1 radical (unpaired) electrons. The number of aromatic nitrogens is 2. The van der Waals surface area contributed by atoms with Gasteiger partial charge in [0.25, 0.3) is 26.1 Å². The van der Waals surface area contributed by atoms with Crippen LogP contribution in [0.5, 0.6) is 0 Å². The van der Waals surface area contributed by atoms with Gasteiger partial charge in [0.1, 0.15) is 6.61 Å². The molecule has 1 aliphatic heterocycles. The minimum Gasteiger partial charge on any atom is -0.461 e. The first-order valence-corrected chi connectivity index (χ1v) is 15.4. The lowest BCUT2D eigenvalue weighted by Gasteiger charge is -2.11. The second-order valence-electron chi connectivity index (χ2n) is 8.68. The van der Waals surface area contributed by atoms with Gasteiger partial charge in [-0.05, 0) is 68.5 Å². The maximum absolute atomic E-state index is 13.3. The van der Waals surface area contributed by atoms with E-state index in [1.807, 2.05) is 0 Å². The molecule has 0 fully saturated rings. The first-order valence-electron chi connectivity index (χ1n) is 12.5. The summed E-state index contributed by atoms with van der Waals surface area (Å²) in [7, 11) is -8.91. The molecule has 0 aliphatic carbocycles. The molecule has 0 spiro atoms. The number of allylic oxidation sites excluding steroid dienone is 2. The number of hydrogen-bond donors (Lipinski definition) is 2. The summed E-state index contributed by atoms with van der Waals surface area (Å²) in [5, 5.41) is 9.10. The van der Waals surface area contributed by atoms with E-state index in [0.29, 0.717) is 5.69 Å². The molecule has 0 bridgehead atoms. The molecule has 1 amide bonds. The van der Waals surface area contributed by atoms with Crippen molar-refractivity contribution in [2.45, 2.75) is 23.6 Å². The molecule has 15 nitrogen and oxygen atoms in total. The normalized spacial score (nSPS) is 14.7. The van der Waals surface area contributed by atoms with Gasteiger partial charge in [-0.25, -0.2) is 14.3 Å². The zero-order chi connectivity index (χ0) is 32.2. The lowest BCUT2D eigenvalue weighted by Crippen LogP contribution is -2.22. The summed E-state index contributed by atoms with van der Waals surface area (Å²) in [4.78, 5) is 37.7. The lowest BCUT2D eigenvalue weighted by atomic mass is 10.1. The maximum atomic E-state index is 13.3. The quantitative estimate of drug-likeness (QED) is 0.185. The highest BCUT2D eigenvalue weighted by Gasteiger charge is 2.36. The smallest absolute Gasteiger partial charge is 0.360 e. The summed E-state index contributed by atoms with van der Waals surface area (Å²) < 4.78 is 75.1. The molecule has 17 heteroatoms. The molecule has 2 N–H and O–H groups in total. The van der Waals surface area contributed by atoms with Crippen LogP contribution >= 0.6 is 0 Å². The first-order chi connectivity index (χ1) is 20.7. The molecule has 0 saturated carbocycles. The van der Waals surface area contributed by atoms with Crippen molar-refractivity contribution >= 4 is 55.6 Å². The van der Waals surface area contributed by atoms with E-state index >= 15 is 0 Å². The van der Waals surface area contributed by atoms with Gasteiger partial charge in [-0.2, -0.15) is 32.0 Å². The van der Waals surface area contributed by atoms with Crippen molar-refractivity contribution < 1.29 is 49.8 Å². The second-order valence-corrected chi connectivity index (χ2v) is 11.5. The van der Waals surface area contributed by atoms with Gasteiger partial charge in [0.2, 0.25) is 0 Å². The molecular weight excluding hydrogens is 620 g/mol. The van der Waals surface area contributed by atoms with Crippen LogP contribution in [0.15, 0.2) is 87.3 Å². The summed E-state index contributed by atoms with van der Waals surface area (Å²) in [6.07, 6.45) is 5.43. The molecule has 2 heterocycles. The van der Waals surface area contributed by atoms with Crippen molar-refractivity contribution in [3.8, 4) is 5.69 Å². The minimum absolute atomic E-state index is 0.0495. The average Bonchev–Trinajstić information content (AvgIpc) is 3.54. The van der Waals surface area contributed by atoms with Crippen LogP contribution in [-0.2, 0) is 39.3 Å². The van der Waals surface area contributed by atoms with Gasteiger partial charge < -0.3 is 9.47 Å². The average molecular weight is 644 g/mol. The summed E-state index contributed by atoms with van der Waals surface area (Å²) >= 11 is 0. The SMILES string of the molecule is C[CH]OC(=O)C1=NN(c2ccc(S(=O)(=O)O)cc2)C(=O)/C1=C\C=Cc1cn(-c2ccc(S(=O)(=O)O)cc2)nc1C(=O)OCC. The van der Waals surface area contributed by atoms with Crippen molar-refractivity contribution in [3.05, 3.63) is 90.3 Å². The zero-order valence-electron chi connectivity index (χ0n) is 22.9. The summed E-state index contributed by atoms with van der Waals surface area (Å²) in [5.41, 5.74) is -0.0190. The zero-order valence-corrected chi connectivity index (χ0v) is 24.5. The number of hydrogen-bond acceptors (Lipinski definition) is 11. The molecule has 44 heavy (non-hydrogen) atoms. The van der Waals surface area contributed by atoms with Crippen molar-refractivity contribution in [1.29, 1.82) is 0 Å². The summed E-state index contributed by atoms with van der Waals surface area (Å²) in [5.74, 6) is -2.49. The largest absolute Gasteiger partial charge is 0.461 e. The maximum Gasteiger partial charge on any atom is 0.360 e. The van der Waals surface area contributed by atoms with E-state index < -0.39 is 43.0 Å². The summed E-state index contributed by atoms with van der Waals surface area (Å²) in [6, 6.07) is 9.54. The number of benzene rings is 2. The van der Waals surface area contributed by atoms with Crippen molar-refractivity contribution in [1.82, 2.24) is 9.78 Å². The highest BCUT2D eigenvalue weighted by atomic mass is 32.2. The van der Waals surface area contributed by atoms with Crippen LogP contribution in [0, 0.1) is 6.61 Å². The van der Waals surface area contributed by atoms with Crippen LogP contribution in [0.3, 0.4) is 0 Å². The van der Waals surface area contributed by atoms with Gasteiger partial charge in [-0.1, -0.05) is 12.2 Å². The van der Waals surface area contributed by atoms with E-state index in [-0.39, 0.29) is 39.7 Å². The Morgan fingerprint density at radius 2 is 1.48 bits per heavy atom. The second kappa shape index (κ2) is 12.7. The van der Waals surface area contributed by atoms with E-state index in [2.05, 4.69) is 10.2 Å². The molecule has 229 valence electrons. The lowest BCUT2D eigenvalue weighted by molar-refractivity contribution is -0.132. The fourth-order valence-electron chi connectivity index (χ4n) is 3.83. The Kier molecular flexibility index (Phi) is 9.24. The third-order valence-corrected chi connectivity index (χ3v) is 7.56. The van der Waals surface area contributed by atoms with E-state index in [0.717, 1.165) is 35.9 Å². The number of amides is 1. The Hall–Kier alpha value is -4.97. The molecule has 0 unspecified atom stereocenters. The van der Waals surface area contributed by atoms with Gasteiger partial charge in [0.05, 0.1) is 33.3 Å². The van der Waals surface area contributed by atoms with E-state index in [9.17, 15) is 40.3 Å². The van der Waals surface area contributed by atoms with Crippen LogP contribution < -0.4 is 5.01 Å². The van der Waals surface area contributed by atoms with Crippen molar-refractivity contribution in [2.24, 2.45) is 5.10 Å². The number of hydrazone groups is 1. The highest BCUT2D eigenvalue weighted by Crippen LogP contribution is 2.26. The number of rotatable bonds is 10. The molecule has 1 aromatic heterocycles. The Labute approximate surface area is 251 Å². The van der Waals surface area contributed by atoms with E-state index in [4.69, 9.17) is 9.47 Å². The molecule has 0 saturated heterocycles. The third-order valence-electron chi connectivity index (χ3n) is 5.82. The predicted octanol–water partition coefficient (Wildman–Crippen LogP) is 2.61. The fraction of sp³-hybridized carbons (Fsp3) is 0.111. The molecule has 0 atom stereocenters. The van der Waals surface area contributed by atoms with Crippen LogP contribution in [0.4, 0.5) is 5.69 Å². The highest BCUT2D eigenvalue weighted by molar-refractivity contribution is 7.86. The fourth-order valence-corrected chi connectivity index (χ4v) is 4.79. The van der Waals surface area contributed by atoms with Gasteiger partial charge in [-0.3, -0.25) is 13.9 Å². The number of esters is 2. The Balaban J connectivity index is 1.70.